The summed E-state index contributed by atoms with van der Waals surface area (Å²) in [6, 6.07) is 8.31. The minimum absolute atomic E-state index is 0.0188. The molecular formula is C16H14N2O4. The Labute approximate surface area is 126 Å². The van der Waals surface area contributed by atoms with Crippen molar-refractivity contribution in [1.82, 2.24) is 4.98 Å². The van der Waals surface area contributed by atoms with E-state index < -0.39 is 11.5 Å². The highest BCUT2D eigenvalue weighted by Crippen LogP contribution is 2.28. The number of pyridine rings is 1. The zero-order valence-electron chi connectivity index (χ0n) is 12.4. The van der Waals surface area contributed by atoms with E-state index in [0.29, 0.717) is 22.6 Å². The Bertz CT molecular complexity index is 831. The second-order valence-corrected chi connectivity index (χ2v) is 4.62. The van der Waals surface area contributed by atoms with Gasteiger partial charge in [-0.15, -0.1) is 0 Å². The Morgan fingerprint density at radius 1 is 1.23 bits per heavy atom. The van der Waals surface area contributed by atoms with Crippen molar-refractivity contribution in [3.63, 3.8) is 0 Å². The number of hydrogen-bond acceptors (Lipinski definition) is 5. The maximum atomic E-state index is 11.9. The van der Waals surface area contributed by atoms with Gasteiger partial charge in [0.15, 0.2) is 0 Å². The van der Waals surface area contributed by atoms with Gasteiger partial charge < -0.3 is 14.5 Å². The van der Waals surface area contributed by atoms with E-state index in [1.165, 1.54) is 20.3 Å². The summed E-state index contributed by atoms with van der Waals surface area (Å²) in [6.07, 6.45) is 0. The van der Waals surface area contributed by atoms with Crippen molar-refractivity contribution in [2.75, 3.05) is 14.2 Å². The number of methoxy groups -OCH3 is 2. The lowest BCUT2D eigenvalue weighted by Gasteiger charge is -2.10. The minimum atomic E-state index is -0.528. The van der Waals surface area contributed by atoms with Gasteiger partial charge in [-0.25, -0.2) is 4.79 Å². The van der Waals surface area contributed by atoms with Crippen molar-refractivity contribution in [3.05, 3.63) is 51.4 Å². The van der Waals surface area contributed by atoms with Gasteiger partial charge in [-0.1, -0.05) is 0 Å². The van der Waals surface area contributed by atoms with Crippen LogP contribution in [-0.2, 0) is 4.74 Å². The number of hydrogen-bond donors (Lipinski definition) is 1. The molecule has 0 spiro atoms. The number of aryl methyl sites for hydroxylation is 1. The van der Waals surface area contributed by atoms with Crippen molar-refractivity contribution in [2.24, 2.45) is 0 Å². The molecule has 1 N–H and O–H groups in total. The highest BCUT2D eigenvalue weighted by molar-refractivity contribution is 5.92. The van der Waals surface area contributed by atoms with Gasteiger partial charge in [0, 0.05) is 11.3 Å². The summed E-state index contributed by atoms with van der Waals surface area (Å²) in [4.78, 5) is 26.2. The van der Waals surface area contributed by atoms with Gasteiger partial charge in [-0.05, 0) is 36.8 Å². The van der Waals surface area contributed by atoms with Crippen LogP contribution in [0.3, 0.4) is 0 Å². The van der Waals surface area contributed by atoms with Crippen LogP contribution in [0.2, 0.25) is 0 Å². The molecule has 0 atom stereocenters. The zero-order chi connectivity index (χ0) is 16.3. The van der Waals surface area contributed by atoms with Gasteiger partial charge in [0.25, 0.3) is 5.56 Å². The normalized spacial score (nSPS) is 9.91. The number of nitrogens with zero attached hydrogens (tertiary/aromatic N) is 1. The number of aromatic nitrogens is 1. The molecule has 0 bridgehead atoms. The molecule has 0 aliphatic heterocycles. The summed E-state index contributed by atoms with van der Waals surface area (Å²) in [6.45, 7) is 1.72. The molecule has 0 amide bonds. The molecule has 0 fully saturated rings. The summed E-state index contributed by atoms with van der Waals surface area (Å²) in [7, 11) is 2.74. The Morgan fingerprint density at radius 3 is 2.55 bits per heavy atom. The van der Waals surface area contributed by atoms with Crippen LogP contribution in [0.25, 0.3) is 11.1 Å². The molecule has 0 aliphatic rings. The Balaban J connectivity index is 2.75. The molecule has 112 valence electrons. The molecule has 0 saturated heterocycles. The largest absolute Gasteiger partial charge is 0.497 e. The molecule has 6 heteroatoms. The number of rotatable bonds is 3. The topological polar surface area (TPSA) is 92.2 Å². The number of ether oxygens (including phenoxy) is 2. The average Bonchev–Trinajstić information content (AvgIpc) is 2.52. The molecule has 2 aromatic rings. The predicted octanol–water partition coefficient (Wildman–Crippen LogP) is 2.02. The van der Waals surface area contributed by atoms with Crippen molar-refractivity contribution in [2.45, 2.75) is 6.92 Å². The van der Waals surface area contributed by atoms with Crippen LogP contribution in [0, 0.1) is 18.3 Å². The first-order valence-corrected chi connectivity index (χ1v) is 6.42. The first-order chi connectivity index (χ1) is 10.5. The smallest absolute Gasteiger partial charge is 0.338 e. The fraction of sp³-hybridized carbons (Fsp3) is 0.188. The summed E-state index contributed by atoms with van der Waals surface area (Å²) >= 11 is 0. The second kappa shape index (κ2) is 6.14. The molecule has 0 unspecified atom stereocenters. The predicted molar refractivity (Wildman–Crippen MR) is 79.8 cm³/mol. The van der Waals surface area contributed by atoms with E-state index >= 15 is 0 Å². The van der Waals surface area contributed by atoms with Crippen LogP contribution < -0.4 is 10.3 Å². The van der Waals surface area contributed by atoms with Crippen molar-refractivity contribution < 1.29 is 14.3 Å². The number of carbonyl (C=O) groups excluding carboxylic acids is 1. The summed E-state index contributed by atoms with van der Waals surface area (Å²) < 4.78 is 9.87. The van der Waals surface area contributed by atoms with E-state index in [0.717, 1.165) is 0 Å². The Hall–Kier alpha value is -3.07. The van der Waals surface area contributed by atoms with Crippen LogP contribution in [0.1, 0.15) is 21.6 Å². The number of carbonyl (C=O) groups is 1. The highest BCUT2D eigenvalue weighted by atomic mass is 16.5. The lowest BCUT2D eigenvalue weighted by molar-refractivity contribution is 0.0600. The van der Waals surface area contributed by atoms with E-state index in [9.17, 15) is 14.9 Å². The van der Waals surface area contributed by atoms with E-state index in [2.05, 4.69) is 4.98 Å². The molecular weight excluding hydrogens is 284 g/mol. The number of H-pyrrole nitrogens is 1. The van der Waals surface area contributed by atoms with E-state index in [-0.39, 0.29) is 11.1 Å². The molecule has 0 radical (unpaired) electrons. The molecule has 1 heterocycles. The first-order valence-electron chi connectivity index (χ1n) is 6.42. The number of nitrogens with one attached hydrogen (secondary N) is 1. The monoisotopic (exact) mass is 298 g/mol. The van der Waals surface area contributed by atoms with Crippen molar-refractivity contribution in [3.8, 4) is 22.9 Å². The number of benzene rings is 1. The fourth-order valence-corrected chi connectivity index (χ4v) is 2.14. The standard InChI is InChI=1S/C16H14N2O4/c1-9-4-13(14(8-17)15(19)18-9)10-5-11(16(20)22-3)7-12(6-10)21-2/h4-7H,1-3H3,(H,18,19). The highest BCUT2D eigenvalue weighted by Gasteiger charge is 2.15. The number of aromatic amines is 1. The van der Waals surface area contributed by atoms with Crippen molar-refractivity contribution >= 4 is 5.97 Å². The van der Waals surface area contributed by atoms with E-state index in [1.54, 1.807) is 25.1 Å². The molecule has 22 heavy (non-hydrogen) atoms. The van der Waals surface area contributed by atoms with Gasteiger partial charge in [0.1, 0.15) is 17.4 Å². The lowest BCUT2D eigenvalue weighted by Crippen LogP contribution is -2.13. The summed E-state index contributed by atoms with van der Waals surface area (Å²) in [5.74, 6) is -0.0973. The third kappa shape index (κ3) is 2.83. The molecule has 2 rings (SSSR count). The average molecular weight is 298 g/mol. The van der Waals surface area contributed by atoms with Gasteiger partial charge in [0.05, 0.1) is 19.8 Å². The fourth-order valence-electron chi connectivity index (χ4n) is 2.14. The molecule has 6 nitrogen and oxygen atoms in total. The maximum Gasteiger partial charge on any atom is 0.338 e. The molecule has 1 aromatic carbocycles. The molecule has 0 saturated carbocycles. The lowest BCUT2D eigenvalue weighted by atomic mass is 9.98. The number of esters is 1. The van der Waals surface area contributed by atoms with Gasteiger partial charge in [-0.2, -0.15) is 5.26 Å². The van der Waals surface area contributed by atoms with Crippen LogP contribution in [0.5, 0.6) is 5.75 Å². The third-order valence-corrected chi connectivity index (χ3v) is 3.15. The maximum absolute atomic E-state index is 11.9. The molecule has 0 aliphatic carbocycles. The van der Waals surface area contributed by atoms with Crippen LogP contribution in [0.4, 0.5) is 0 Å². The Kier molecular flexibility index (Phi) is 4.28. The van der Waals surface area contributed by atoms with E-state index in [1.807, 2.05) is 6.07 Å². The Morgan fingerprint density at radius 2 is 1.95 bits per heavy atom. The van der Waals surface area contributed by atoms with Gasteiger partial charge in [0.2, 0.25) is 0 Å². The summed E-state index contributed by atoms with van der Waals surface area (Å²) in [5, 5.41) is 9.21. The van der Waals surface area contributed by atoms with Crippen LogP contribution in [-0.4, -0.2) is 25.2 Å². The first kappa shape index (κ1) is 15.3. The minimum Gasteiger partial charge on any atom is -0.497 e. The molecule has 1 aromatic heterocycles. The zero-order valence-corrected chi connectivity index (χ0v) is 12.4. The summed E-state index contributed by atoms with van der Waals surface area (Å²) in [5.41, 5.74) is 1.37. The quantitative estimate of drug-likeness (QED) is 0.875. The van der Waals surface area contributed by atoms with E-state index in [4.69, 9.17) is 9.47 Å². The van der Waals surface area contributed by atoms with Crippen LogP contribution >= 0.6 is 0 Å². The van der Waals surface area contributed by atoms with Gasteiger partial charge in [-0.3, -0.25) is 4.79 Å². The third-order valence-electron chi connectivity index (χ3n) is 3.15. The second-order valence-electron chi connectivity index (χ2n) is 4.62. The SMILES string of the molecule is COC(=O)c1cc(OC)cc(-c2cc(C)[nH]c(=O)c2C#N)c1. The van der Waals surface area contributed by atoms with Crippen LogP contribution in [0.15, 0.2) is 29.1 Å². The van der Waals surface area contributed by atoms with Crippen molar-refractivity contribution in [1.29, 1.82) is 5.26 Å². The van der Waals surface area contributed by atoms with Gasteiger partial charge >= 0.3 is 5.97 Å². The number of nitriles is 1.